The summed E-state index contributed by atoms with van der Waals surface area (Å²) < 4.78 is 52.6. The van der Waals surface area contributed by atoms with Crippen molar-refractivity contribution in [1.29, 1.82) is 0 Å². The average Bonchev–Trinajstić information content (AvgIpc) is 3.45. The Labute approximate surface area is 231 Å². The number of pyridine rings is 1. The average molecular weight is 560 g/mol. The molecule has 4 heterocycles. The maximum atomic E-state index is 13.3. The van der Waals surface area contributed by atoms with Crippen LogP contribution in [0.2, 0.25) is 0 Å². The second-order valence-electron chi connectivity index (χ2n) is 9.43. The van der Waals surface area contributed by atoms with Gasteiger partial charge in [-0.1, -0.05) is 6.07 Å². The maximum Gasteiger partial charge on any atom is 0.416 e. The Kier molecular flexibility index (Phi) is 6.45. The highest BCUT2D eigenvalue weighted by Gasteiger charge is 2.32. The van der Waals surface area contributed by atoms with Crippen molar-refractivity contribution in [3.8, 4) is 0 Å². The van der Waals surface area contributed by atoms with E-state index in [2.05, 4.69) is 25.6 Å². The van der Waals surface area contributed by atoms with E-state index < -0.39 is 17.6 Å². The number of alkyl halides is 3. The van der Waals surface area contributed by atoms with Gasteiger partial charge in [0.05, 0.1) is 12.1 Å². The zero-order valence-corrected chi connectivity index (χ0v) is 21.5. The van der Waals surface area contributed by atoms with Gasteiger partial charge >= 0.3 is 6.18 Å². The quantitative estimate of drug-likeness (QED) is 0.287. The molecule has 0 bridgehead atoms. The van der Waals surface area contributed by atoms with Crippen LogP contribution in [0.25, 0.3) is 11.6 Å². The van der Waals surface area contributed by atoms with Gasteiger partial charge in [0.15, 0.2) is 0 Å². The van der Waals surface area contributed by atoms with E-state index in [0.29, 0.717) is 42.1 Å². The Balaban J connectivity index is 1.30. The Morgan fingerprint density at radius 3 is 2.56 bits per heavy atom. The third-order valence-corrected chi connectivity index (χ3v) is 6.64. The number of anilines is 4. The number of amidine groups is 1. The van der Waals surface area contributed by atoms with Gasteiger partial charge in [-0.3, -0.25) is 14.8 Å². The van der Waals surface area contributed by atoms with E-state index in [4.69, 9.17) is 4.99 Å². The molecule has 1 amide bonds. The van der Waals surface area contributed by atoms with Crippen LogP contribution in [0.4, 0.5) is 40.7 Å². The van der Waals surface area contributed by atoms with Crippen molar-refractivity contribution >= 4 is 46.5 Å². The number of fused-ring (bicyclic) bond motifs is 3. The van der Waals surface area contributed by atoms with E-state index in [1.165, 1.54) is 12.1 Å². The van der Waals surface area contributed by atoms with Gasteiger partial charge in [-0.05, 0) is 72.7 Å². The fourth-order valence-electron chi connectivity index (χ4n) is 4.64. The van der Waals surface area contributed by atoms with E-state index in [-0.39, 0.29) is 11.5 Å². The van der Waals surface area contributed by atoms with Gasteiger partial charge in [0.1, 0.15) is 23.2 Å². The number of halogens is 4. The lowest BCUT2D eigenvalue weighted by molar-refractivity contribution is -0.137. The number of aliphatic imine (C=N–C) groups is 1. The number of carbonyl (C=O) groups is 1. The lowest BCUT2D eigenvalue weighted by atomic mass is 9.94. The number of amides is 1. The number of rotatable bonds is 5. The van der Waals surface area contributed by atoms with Crippen molar-refractivity contribution in [2.24, 2.45) is 4.99 Å². The summed E-state index contributed by atoms with van der Waals surface area (Å²) in [5.41, 5.74) is 2.97. The molecule has 41 heavy (non-hydrogen) atoms. The van der Waals surface area contributed by atoms with E-state index >= 15 is 0 Å². The number of carbonyl (C=O) groups excluding carboxylic acids is 1. The molecule has 2 aliphatic rings. The third-order valence-electron chi connectivity index (χ3n) is 6.64. The van der Waals surface area contributed by atoms with Crippen molar-refractivity contribution < 1.29 is 22.4 Å². The first-order valence-corrected chi connectivity index (χ1v) is 12.5. The number of nitrogens with zero attached hydrogens (tertiary/aromatic N) is 5. The van der Waals surface area contributed by atoms with Crippen LogP contribution in [0.5, 0.6) is 0 Å². The Hall–Kier alpha value is -5.13. The Morgan fingerprint density at radius 1 is 1.00 bits per heavy atom. The van der Waals surface area contributed by atoms with Crippen LogP contribution in [0.3, 0.4) is 0 Å². The molecule has 0 saturated heterocycles. The molecule has 206 valence electrons. The molecule has 0 radical (unpaired) electrons. The Morgan fingerprint density at radius 2 is 1.78 bits per heavy atom. The minimum absolute atomic E-state index is 0.344. The van der Waals surface area contributed by atoms with E-state index in [0.717, 1.165) is 40.6 Å². The van der Waals surface area contributed by atoms with Crippen LogP contribution in [0, 0.1) is 12.7 Å². The summed E-state index contributed by atoms with van der Waals surface area (Å²) in [6.07, 6.45) is -0.0320. The molecule has 2 aliphatic heterocycles. The van der Waals surface area contributed by atoms with Gasteiger partial charge in [0.25, 0.3) is 5.91 Å². The van der Waals surface area contributed by atoms with Crippen molar-refractivity contribution in [2.75, 3.05) is 28.6 Å². The number of hydrogen-bond acceptors (Lipinski definition) is 7. The lowest BCUT2D eigenvalue weighted by Gasteiger charge is -2.28. The first-order valence-electron chi connectivity index (χ1n) is 12.5. The SMILES string of the molecule is Cc1ccc(NC(=O)c2cc(C(F)(F)F)ccn2)cc1C1=Cc2cnc(Nc3ccc(F)cc3)nc2N2CCN=C12. The second kappa shape index (κ2) is 10.1. The van der Waals surface area contributed by atoms with Gasteiger partial charge in [-0.25, -0.2) is 9.37 Å². The molecule has 0 unspecified atom stereocenters. The fourth-order valence-corrected chi connectivity index (χ4v) is 4.64. The predicted molar refractivity (Wildman–Crippen MR) is 148 cm³/mol. The predicted octanol–water partition coefficient (Wildman–Crippen LogP) is 6.11. The fraction of sp³-hybridized carbons (Fsp3) is 0.138. The largest absolute Gasteiger partial charge is 0.416 e. The number of benzene rings is 2. The normalized spacial score (nSPS) is 14.1. The first-order chi connectivity index (χ1) is 19.7. The molecular formula is C29H21F4N7O. The van der Waals surface area contributed by atoms with Gasteiger partial charge in [-0.2, -0.15) is 18.2 Å². The molecule has 0 aliphatic carbocycles. The Bertz CT molecular complexity index is 1730. The van der Waals surface area contributed by atoms with Crippen molar-refractivity contribution in [2.45, 2.75) is 13.1 Å². The lowest BCUT2D eigenvalue weighted by Crippen LogP contribution is -2.32. The number of aromatic nitrogens is 3. The zero-order valence-electron chi connectivity index (χ0n) is 21.5. The first kappa shape index (κ1) is 26.1. The summed E-state index contributed by atoms with van der Waals surface area (Å²) >= 11 is 0. The summed E-state index contributed by atoms with van der Waals surface area (Å²) in [4.78, 5) is 32.3. The van der Waals surface area contributed by atoms with Crippen molar-refractivity contribution in [3.63, 3.8) is 0 Å². The summed E-state index contributed by atoms with van der Waals surface area (Å²) in [5.74, 6) is 0.618. The maximum absolute atomic E-state index is 13.3. The van der Waals surface area contributed by atoms with Crippen molar-refractivity contribution in [3.05, 3.63) is 101 Å². The topological polar surface area (TPSA) is 95.4 Å². The van der Waals surface area contributed by atoms with Gasteiger partial charge < -0.3 is 15.5 Å². The molecule has 2 N–H and O–H groups in total. The van der Waals surface area contributed by atoms with Crippen LogP contribution in [-0.2, 0) is 6.18 Å². The minimum Gasteiger partial charge on any atom is -0.324 e. The molecule has 0 atom stereocenters. The van der Waals surface area contributed by atoms with E-state index in [1.807, 2.05) is 24.0 Å². The van der Waals surface area contributed by atoms with Crippen LogP contribution in [0.15, 0.2) is 72.0 Å². The highest BCUT2D eigenvalue weighted by atomic mass is 19.4. The number of nitrogens with one attached hydrogen (secondary N) is 2. The van der Waals surface area contributed by atoms with Crippen molar-refractivity contribution in [1.82, 2.24) is 15.0 Å². The molecule has 12 heteroatoms. The highest BCUT2D eigenvalue weighted by Crippen LogP contribution is 2.37. The van der Waals surface area contributed by atoms with Crippen LogP contribution in [0.1, 0.15) is 32.7 Å². The summed E-state index contributed by atoms with van der Waals surface area (Å²) in [6, 6.07) is 12.6. The molecule has 2 aromatic carbocycles. The monoisotopic (exact) mass is 559 g/mol. The summed E-state index contributed by atoms with van der Waals surface area (Å²) in [6.45, 7) is 3.06. The van der Waals surface area contributed by atoms with Gasteiger partial charge in [0, 0.05) is 41.4 Å². The molecule has 4 aromatic rings. The van der Waals surface area contributed by atoms with E-state index in [1.54, 1.807) is 30.5 Å². The molecule has 6 rings (SSSR count). The van der Waals surface area contributed by atoms with Crippen LogP contribution in [-0.4, -0.2) is 39.8 Å². The third kappa shape index (κ3) is 5.23. The standard InChI is InChI=1S/C29H21F4N7O/c1-16-2-5-21(37-27(41)24-13-18(8-9-34-24)29(31,32)33)14-22(16)23-12-17-15-36-28(38-20-6-3-19(30)4-7-20)39-25(17)40-11-10-35-26(23)40/h2-9,12-15H,10-11H2,1H3,(H,37,41)(H,36,38,39). The van der Waals surface area contributed by atoms with E-state index in [9.17, 15) is 22.4 Å². The molecule has 8 nitrogen and oxygen atoms in total. The summed E-state index contributed by atoms with van der Waals surface area (Å²) in [7, 11) is 0. The van der Waals surface area contributed by atoms with Gasteiger partial charge in [0.2, 0.25) is 5.95 Å². The smallest absolute Gasteiger partial charge is 0.324 e. The molecule has 0 saturated carbocycles. The number of hydrogen-bond donors (Lipinski definition) is 2. The summed E-state index contributed by atoms with van der Waals surface area (Å²) in [5, 5.41) is 5.73. The van der Waals surface area contributed by atoms with Gasteiger partial charge in [-0.15, -0.1) is 0 Å². The van der Waals surface area contributed by atoms with Crippen LogP contribution >= 0.6 is 0 Å². The second-order valence-corrected chi connectivity index (χ2v) is 9.43. The molecule has 2 aromatic heterocycles. The molecular weight excluding hydrogens is 538 g/mol. The minimum atomic E-state index is -4.59. The highest BCUT2D eigenvalue weighted by molar-refractivity contribution is 6.36. The molecule has 0 fully saturated rings. The van der Waals surface area contributed by atoms with Crippen LogP contribution < -0.4 is 15.5 Å². The zero-order chi connectivity index (χ0) is 28.7. The molecule has 0 spiro atoms. The number of aryl methyl sites for hydroxylation is 1.